The second-order valence-corrected chi connectivity index (χ2v) is 4.94. The summed E-state index contributed by atoms with van der Waals surface area (Å²) in [6, 6.07) is 11.5. The van der Waals surface area contributed by atoms with Crippen molar-refractivity contribution in [1.82, 2.24) is 10.2 Å². The maximum Gasteiger partial charge on any atom is 0.228 e. The lowest BCUT2D eigenvalue weighted by Gasteiger charge is -2.08. The van der Waals surface area contributed by atoms with Gasteiger partial charge in [0.1, 0.15) is 0 Å². The van der Waals surface area contributed by atoms with Crippen LogP contribution in [0.2, 0.25) is 0 Å². The molecule has 104 valence electrons. The third kappa shape index (κ3) is 3.78. The van der Waals surface area contributed by atoms with Crippen LogP contribution in [0.5, 0.6) is 0 Å². The third-order valence-electron chi connectivity index (χ3n) is 2.73. The Hall–Kier alpha value is -2.43. The highest BCUT2D eigenvalue weighted by Gasteiger charge is 2.08. The van der Waals surface area contributed by atoms with Crippen LogP contribution in [0.25, 0.3) is 0 Å². The van der Waals surface area contributed by atoms with Gasteiger partial charge >= 0.3 is 0 Å². The topological polar surface area (TPSA) is 66.9 Å². The van der Waals surface area contributed by atoms with Gasteiger partial charge in [-0.1, -0.05) is 26.0 Å². The SMILES string of the molecule is Cc1cccc(Nc2ccc(NC(=O)C(C)C)nn2)c1. The highest BCUT2D eigenvalue weighted by molar-refractivity contribution is 5.91. The van der Waals surface area contributed by atoms with Gasteiger partial charge in [0.15, 0.2) is 11.6 Å². The Morgan fingerprint density at radius 2 is 1.80 bits per heavy atom. The Morgan fingerprint density at radius 3 is 2.40 bits per heavy atom. The van der Waals surface area contributed by atoms with E-state index < -0.39 is 0 Å². The van der Waals surface area contributed by atoms with Crippen LogP contribution >= 0.6 is 0 Å². The zero-order valence-corrected chi connectivity index (χ0v) is 11.8. The molecule has 2 rings (SSSR count). The number of hydrogen-bond donors (Lipinski definition) is 2. The number of aromatic nitrogens is 2. The quantitative estimate of drug-likeness (QED) is 0.895. The van der Waals surface area contributed by atoms with Crippen molar-refractivity contribution in [1.29, 1.82) is 0 Å². The van der Waals surface area contributed by atoms with E-state index in [-0.39, 0.29) is 11.8 Å². The summed E-state index contributed by atoms with van der Waals surface area (Å²) < 4.78 is 0. The number of benzene rings is 1. The van der Waals surface area contributed by atoms with E-state index in [1.165, 1.54) is 5.56 Å². The second-order valence-electron chi connectivity index (χ2n) is 4.94. The van der Waals surface area contributed by atoms with E-state index in [1.807, 2.05) is 45.0 Å². The molecule has 5 heteroatoms. The average Bonchev–Trinajstić information content (AvgIpc) is 2.41. The second kappa shape index (κ2) is 6.14. The van der Waals surface area contributed by atoms with Crippen molar-refractivity contribution in [3.63, 3.8) is 0 Å². The summed E-state index contributed by atoms with van der Waals surface area (Å²) >= 11 is 0. The van der Waals surface area contributed by atoms with E-state index in [4.69, 9.17) is 0 Å². The number of hydrogen-bond acceptors (Lipinski definition) is 4. The summed E-state index contributed by atoms with van der Waals surface area (Å²) in [4.78, 5) is 11.5. The molecule has 20 heavy (non-hydrogen) atoms. The number of nitrogens with one attached hydrogen (secondary N) is 2. The van der Waals surface area contributed by atoms with Crippen LogP contribution in [-0.2, 0) is 4.79 Å². The molecule has 1 heterocycles. The van der Waals surface area contributed by atoms with Gasteiger partial charge < -0.3 is 10.6 Å². The lowest BCUT2D eigenvalue weighted by atomic mass is 10.2. The van der Waals surface area contributed by atoms with Gasteiger partial charge in [0, 0.05) is 11.6 Å². The summed E-state index contributed by atoms with van der Waals surface area (Å²) in [5.41, 5.74) is 2.13. The molecular formula is C15H18N4O. The lowest BCUT2D eigenvalue weighted by molar-refractivity contribution is -0.118. The minimum atomic E-state index is -0.0816. The number of nitrogens with zero attached hydrogens (tertiary/aromatic N) is 2. The maximum atomic E-state index is 11.5. The first-order chi connectivity index (χ1) is 9.54. The first-order valence-electron chi connectivity index (χ1n) is 6.53. The Balaban J connectivity index is 2.03. The summed E-state index contributed by atoms with van der Waals surface area (Å²) in [7, 11) is 0. The number of carbonyl (C=O) groups is 1. The minimum absolute atomic E-state index is 0.0707. The van der Waals surface area contributed by atoms with Crippen molar-refractivity contribution < 1.29 is 4.79 Å². The Bertz CT molecular complexity index is 593. The van der Waals surface area contributed by atoms with Gasteiger partial charge in [0.25, 0.3) is 0 Å². The molecule has 0 radical (unpaired) electrons. The van der Waals surface area contributed by atoms with E-state index in [0.717, 1.165) is 5.69 Å². The summed E-state index contributed by atoms with van der Waals surface area (Å²) in [5, 5.41) is 13.9. The zero-order valence-electron chi connectivity index (χ0n) is 11.8. The van der Waals surface area contributed by atoms with Gasteiger partial charge in [-0.25, -0.2) is 0 Å². The average molecular weight is 270 g/mol. The molecule has 0 unspecified atom stereocenters. The normalized spacial score (nSPS) is 10.4. The Labute approximate surface area is 118 Å². The van der Waals surface area contributed by atoms with Crippen LogP contribution < -0.4 is 10.6 Å². The van der Waals surface area contributed by atoms with Crippen LogP contribution in [0.3, 0.4) is 0 Å². The Kier molecular flexibility index (Phi) is 4.30. The summed E-state index contributed by atoms with van der Waals surface area (Å²) in [6.45, 7) is 5.69. The van der Waals surface area contributed by atoms with E-state index in [2.05, 4.69) is 20.8 Å². The molecule has 0 atom stereocenters. The molecule has 5 nitrogen and oxygen atoms in total. The molecule has 1 aromatic heterocycles. The van der Waals surface area contributed by atoms with Crippen molar-refractivity contribution in [3.05, 3.63) is 42.0 Å². The van der Waals surface area contributed by atoms with Crippen LogP contribution in [0.4, 0.5) is 17.3 Å². The first-order valence-corrected chi connectivity index (χ1v) is 6.53. The van der Waals surface area contributed by atoms with E-state index in [9.17, 15) is 4.79 Å². The number of amides is 1. The number of carbonyl (C=O) groups excluding carboxylic acids is 1. The monoisotopic (exact) mass is 270 g/mol. The van der Waals surface area contributed by atoms with Crippen LogP contribution in [0, 0.1) is 12.8 Å². The van der Waals surface area contributed by atoms with Crippen molar-refractivity contribution in [2.45, 2.75) is 20.8 Å². The van der Waals surface area contributed by atoms with Crippen LogP contribution in [-0.4, -0.2) is 16.1 Å². The number of aryl methyl sites for hydroxylation is 1. The molecule has 0 fully saturated rings. The zero-order chi connectivity index (χ0) is 14.5. The minimum Gasteiger partial charge on any atom is -0.339 e. The van der Waals surface area contributed by atoms with E-state index in [0.29, 0.717) is 11.6 Å². The molecule has 0 saturated heterocycles. The summed E-state index contributed by atoms with van der Waals surface area (Å²) in [6.07, 6.45) is 0. The van der Waals surface area contributed by atoms with Gasteiger partial charge in [0.2, 0.25) is 5.91 Å². The highest BCUT2D eigenvalue weighted by Crippen LogP contribution is 2.16. The molecular weight excluding hydrogens is 252 g/mol. The largest absolute Gasteiger partial charge is 0.339 e. The molecule has 2 aromatic rings. The van der Waals surface area contributed by atoms with E-state index in [1.54, 1.807) is 12.1 Å². The molecule has 2 N–H and O–H groups in total. The van der Waals surface area contributed by atoms with Gasteiger partial charge in [-0.05, 0) is 36.8 Å². The molecule has 0 aliphatic rings. The Morgan fingerprint density at radius 1 is 1.10 bits per heavy atom. The van der Waals surface area contributed by atoms with Crippen molar-refractivity contribution in [2.24, 2.45) is 5.92 Å². The molecule has 0 aliphatic carbocycles. The maximum absolute atomic E-state index is 11.5. The fourth-order valence-electron chi connectivity index (χ4n) is 1.61. The van der Waals surface area contributed by atoms with Crippen molar-refractivity contribution in [3.8, 4) is 0 Å². The van der Waals surface area contributed by atoms with Gasteiger partial charge in [-0.2, -0.15) is 0 Å². The predicted molar refractivity (Wildman–Crippen MR) is 80.0 cm³/mol. The molecule has 1 amide bonds. The van der Waals surface area contributed by atoms with Crippen molar-refractivity contribution >= 4 is 23.2 Å². The predicted octanol–water partition coefficient (Wildman–Crippen LogP) is 3.12. The number of rotatable bonds is 4. The van der Waals surface area contributed by atoms with Gasteiger partial charge in [-0.3, -0.25) is 4.79 Å². The lowest BCUT2D eigenvalue weighted by Crippen LogP contribution is -2.18. The molecule has 0 saturated carbocycles. The highest BCUT2D eigenvalue weighted by atomic mass is 16.1. The third-order valence-corrected chi connectivity index (χ3v) is 2.73. The smallest absolute Gasteiger partial charge is 0.228 e. The van der Waals surface area contributed by atoms with Crippen LogP contribution in [0.1, 0.15) is 19.4 Å². The molecule has 1 aromatic carbocycles. The van der Waals surface area contributed by atoms with Gasteiger partial charge in [0.05, 0.1) is 0 Å². The van der Waals surface area contributed by atoms with Gasteiger partial charge in [-0.15, -0.1) is 10.2 Å². The fourth-order valence-corrected chi connectivity index (χ4v) is 1.61. The first kappa shape index (κ1) is 14.0. The fraction of sp³-hybridized carbons (Fsp3) is 0.267. The van der Waals surface area contributed by atoms with Crippen molar-refractivity contribution in [2.75, 3.05) is 10.6 Å². The molecule has 0 spiro atoms. The number of anilines is 3. The molecule has 0 aliphatic heterocycles. The van der Waals surface area contributed by atoms with Crippen LogP contribution in [0.15, 0.2) is 36.4 Å². The summed E-state index contributed by atoms with van der Waals surface area (Å²) in [5.74, 6) is 0.942. The standard InChI is InChI=1S/C15H18N4O/c1-10(2)15(20)17-14-8-7-13(18-19-14)16-12-6-4-5-11(3)9-12/h4-10H,1-3H3,(H,16,18)(H,17,19,20). The molecule has 0 bridgehead atoms. The van der Waals surface area contributed by atoms with E-state index >= 15 is 0 Å².